The summed E-state index contributed by atoms with van der Waals surface area (Å²) in [5.41, 5.74) is 1.95. The smallest absolute Gasteiger partial charge is 0.224 e. The van der Waals surface area contributed by atoms with Crippen LogP contribution in [0.5, 0.6) is 0 Å². The molecule has 1 atom stereocenters. The zero-order valence-corrected chi connectivity index (χ0v) is 11.9. The largest absolute Gasteiger partial charge is 0.352 e. The Morgan fingerprint density at radius 1 is 1.53 bits per heavy atom. The lowest BCUT2D eigenvalue weighted by Crippen LogP contribution is -2.31. The molecule has 1 aliphatic rings. The van der Waals surface area contributed by atoms with E-state index in [0.717, 1.165) is 36.4 Å². The molecule has 0 bridgehead atoms. The van der Waals surface area contributed by atoms with Gasteiger partial charge in [-0.25, -0.2) is 4.39 Å². The van der Waals surface area contributed by atoms with Gasteiger partial charge in [0.2, 0.25) is 5.91 Å². The first-order chi connectivity index (χ1) is 9.20. The second-order valence-electron chi connectivity index (χ2n) is 4.75. The van der Waals surface area contributed by atoms with E-state index in [1.165, 1.54) is 6.07 Å². The Bertz CT molecular complexity index is 447. The molecular formula is C14H19FN2OS. The molecule has 0 spiro atoms. The Hall–Kier alpha value is -1.07. The molecule has 3 nitrogen and oxygen atoms in total. The molecule has 1 fully saturated rings. The summed E-state index contributed by atoms with van der Waals surface area (Å²) in [7, 11) is 0. The number of amides is 1. The van der Waals surface area contributed by atoms with Crippen LogP contribution in [-0.2, 0) is 17.1 Å². The van der Waals surface area contributed by atoms with Crippen LogP contribution in [0.3, 0.4) is 0 Å². The average molecular weight is 282 g/mol. The second kappa shape index (κ2) is 6.91. The summed E-state index contributed by atoms with van der Waals surface area (Å²) in [4.78, 5) is 11.9. The van der Waals surface area contributed by atoms with Crippen molar-refractivity contribution in [3.8, 4) is 0 Å². The molecule has 1 heterocycles. The highest BCUT2D eigenvalue weighted by atomic mass is 32.2. The minimum Gasteiger partial charge on any atom is -0.352 e. The molecule has 5 heteroatoms. The summed E-state index contributed by atoms with van der Waals surface area (Å²) in [5, 5.41) is 6.13. The van der Waals surface area contributed by atoms with Gasteiger partial charge in [0.25, 0.3) is 0 Å². The Kier molecular flexibility index (Phi) is 5.22. The summed E-state index contributed by atoms with van der Waals surface area (Å²) in [6.45, 7) is 2.14. The van der Waals surface area contributed by atoms with Crippen LogP contribution in [0.1, 0.15) is 17.5 Å². The normalized spacial score (nSPS) is 18.5. The van der Waals surface area contributed by atoms with Gasteiger partial charge in [0, 0.05) is 18.8 Å². The van der Waals surface area contributed by atoms with Crippen molar-refractivity contribution >= 4 is 17.7 Å². The van der Waals surface area contributed by atoms with E-state index in [4.69, 9.17) is 0 Å². The van der Waals surface area contributed by atoms with E-state index >= 15 is 0 Å². The lowest BCUT2D eigenvalue weighted by atomic mass is 10.1. The lowest BCUT2D eigenvalue weighted by Gasteiger charge is -2.12. The summed E-state index contributed by atoms with van der Waals surface area (Å²) in [6, 6.07) is 4.76. The van der Waals surface area contributed by atoms with Crippen molar-refractivity contribution in [1.29, 1.82) is 0 Å². The number of hydrogen-bond donors (Lipinski definition) is 2. The molecule has 1 aliphatic heterocycles. The Balaban J connectivity index is 1.96. The van der Waals surface area contributed by atoms with Crippen molar-refractivity contribution in [2.45, 2.75) is 18.7 Å². The molecule has 0 aromatic heterocycles. The van der Waals surface area contributed by atoms with Crippen LogP contribution < -0.4 is 10.6 Å². The van der Waals surface area contributed by atoms with Gasteiger partial charge in [-0.15, -0.1) is 0 Å². The van der Waals surface area contributed by atoms with Gasteiger partial charge in [-0.1, -0.05) is 6.07 Å². The van der Waals surface area contributed by atoms with E-state index in [2.05, 4.69) is 10.6 Å². The highest BCUT2D eigenvalue weighted by Gasteiger charge is 2.22. The predicted molar refractivity (Wildman–Crippen MR) is 76.4 cm³/mol. The van der Waals surface area contributed by atoms with Crippen molar-refractivity contribution < 1.29 is 9.18 Å². The number of thioether (sulfide) groups is 1. The molecule has 1 saturated heterocycles. The first-order valence-electron chi connectivity index (χ1n) is 6.45. The second-order valence-corrected chi connectivity index (χ2v) is 5.62. The maximum Gasteiger partial charge on any atom is 0.224 e. The van der Waals surface area contributed by atoms with Gasteiger partial charge in [-0.05, 0) is 42.5 Å². The number of benzene rings is 1. The molecule has 1 amide bonds. The van der Waals surface area contributed by atoms with Gasteiger partial charge in [0.1, 0.15) is 5.82 Å². The number of carbonyl (C=O) groups excluding carboxylic acids is 1. The fourth-order valence-corrected chi connectivity index (χ4v) is 2.84. The molecule has 1 aromatic rings. The fourth-order valence-electron chi connectivity index (χ4n) is 2.26. The summed E-state index contributed by atoms with van der Waals surface area (Å²) >= 11 is 1.65. The quantitative estimate of drug-likeness (QED) is 0.867. The molecule has 0 radical (unpaired) electrons. The van der Waals surface area contributed by atoms with E-state index in [1.807, 2.05) is 6.26 Å². The number of rotatable bonds is 5. The van der Waals surface area contributed by atoms with Gasteiger partial charge in [-0.3, -0.25) is 4.79 Å². The molecule has 19 heavy (non-hydrogen) atoms. The van der Waals surface area contributed by atoms with Crippen LogP contribution in [0.25, 0.3) is 0 Å². The maximum atomic E-state index is 13.2. The van der Waals surface area contributed by atoms with E-state index < -0.39 is 0 Å². The van der Waals surface area contributed by atoms with Crippen LogP contribution in [0.2, 0.25) is 0 Å². The third-order valence-corrected chi connectivity index (χ3v) is 3.95. The van der Waals surface area contributed by atoms with Gasteiger partial charge >= 0.3 is 0 Å². The lowest BCUT2D eigenvalue weighted by molar-refractivity contribution is -0.124. The Morgan fingerprint density at radius 3 is 3.05 bits per heavy atom. The molecule has 0 saturated carbocycles. The zero-order valence-electron chi connectivity index (χ0n) is 11.0. The van der Waals surface area contributed by atoms with Gasteiger partial charge in [-0.2, -0.15) is 11.8 Å². The minimum atomic E-state index is -0.223. The van der Waals surface area contributed by atoms with Crippen molar-refractivity contribution in [3.63, 3.8) is 0 Å². The van der Waals surface area contributed by atoms with E-state index in [0.29, 0.717) is 6.54 Å². The molecule has 0 aliphatic carbocycles. The third-order valence-electron chi connectivity index (χ3n) is 3.35. The maximum absolute atomic E-state index is 13.2. The van der Waals surface area contributed by atoms with E-state index in [1.54, 1.807) is 23.9 Å². The standard InChI is InChI=1S/C14H19FN2OS/c1-19-9-12-6-13(15)3-2-10(12)8-17-14(18)11-4-5-16-7-11/h2-3,6,11,16H,4-5,7-9H2,1H3,(H,17,18)/t11-/m1/s1. The zero-order chi connectivity index (χ0) is 13.7. The third kappa shape index (κ3) is 3.94. The Morgan fingerprint density at radius 2 is 2.37 bits per heavy atom. The summed E-state index contributed by atoms with van der Waals surface area (Å²) in [5.74, 6) is 0.696. The van der Waals surface area contributed by atoms with Crippen LogP contribution in [0.15, 0.2) is 18.2 Å². The van der Waals surface area contributed by atoms with E-state index in [-0.39, 0.29) is 17.6 Å². The predicted octanol–water partition coefficient (Wildman–Crippen LogP) is 1.91. The highest BCUT2D eigenvalue weighted by Crippen LogP contribution is 2.17. The molecule has 2 rings (SSSR count). The Labute approximate surface area is 117 Å². The highest BCUT2D eigenvalue weighted by molar-refractivity contribution is 7.97. The van der Waals surface area contributed by atoms with E-state index in [9.17, 15) is 9.18 Å². The van der Waals surface area contributed by atoms with Crippen molar-refractivity contribution in [2.24, 2.45) is 5.92 Å². The fraction of sp³-hybridized carbons (Fsp3) is 0.500. The van der Waals surface area contributed by atoms with Gasteiger partial charge in [0.05, 0.1) is 5.92 Å². The number of hydrogen-bond acceptors (Lipinski definition) is 3. The van der Waals surface area contributed by atoms with Crippen LogP contribution in [0.4, 0.5) is 4.39 Å². The first kappa shape index (κ1) is 14.3. The minimum absolute atomic E-state index is 0.0736. The molecule has 0 unspecified atom stereocenters. The van der Waals surface area contributed by atoms with Crippen molar-refractivity contribution in [2.75, 3.05) is 19.3 Å². The van der Waals surface area contributed by atoms with Gasteiger partial charge in [0.15, 0.2) is 0 Å². The van der Waals surface area contributed by atoms with Crippen LogP contribution >= 0.6 is 11.8 Å². The van der Waals surface area contributed by atoms with Gasteiger partial charge < -0.3 is 10.6 Å². The topological polar surface area (TPSA) is 41.1 Å². The number of carbonyl (C=O) groups is 1. The number of nitrogens with one attached hydrogen (secondary N) is 2. The molecular weight excluding hydrogens is 263 g/mol. The van der Waals surface area contributed by atoms with Crippen molar-refractivity contribution in [1.82, 2.24) is 10.6 Å². The number of halogens is 1. The summed E-state index contributed by atoms with van der Waals surface area (Å²) in [6.07, 6.45) is 2.88. The molecule has 1 aromatic carbocycles. The SMILES string of the molecule is CSCc1cc(F)ccc1CNC(=O)[C@@H]1CCNC1. The monoisotopic (exact) mass is 282 g/mol. The molecule has 104 valence electrons. The van der Waals surface area contributed by atoms with Crippen molar-refractivity contribution in [3.05, 3.63) is 35.1 Å². The average Bonchev–Trinajstić information content (AvgIpc) is 2.92. The summed E-state index contributed by atoms with van der Waals surface area (Å²) < 4.78 is 13.2. The van der Waals surface area contributed by atoms with Crippen LogP contribution in [-0.4, -0.2) is 25.3 Å². The molecule has 2 N–H and O–H groups in total. The van der Waals surface area contributed by atoms with Crippen LogP contribution in [0, 0.1) is 11.7 Å². The first-order valence-corrected chi connectivity index (χ1v) is 7.84.